The Kier molecular flexibility index (Phi) is 5.34. The third kappa shape index (κ3) is 4.87. The van der Waals surface area contributed by atoms with Crippen molar-refractivity contribution >= 4 is 5.95 Å². The summed E-state index contributed by atoms with van der Waals surface area (Å²) in [4.78, 5) is 8.58. The summed E-state index contributed by atoms with van der Waals surface area (Å²) in [6, 6.07) is 1.82. The van der Waals surface area contributed by atoms with Crippen LogP contribution in [0.15, 0.2) is 6.07 Å². The van der Waals surface area contributed by atoms with Gasteiger partial charge in [0, 0.05) is 30.3 Å². The van der Waals surface area contributed by atoms with Crippen LogP contribution in [0.4, 0.5) is 5.95 Å². The van der Waals surface area contributed by atoms with E-state index in [1.54, 1.807) is 0 Å². The topological polar surface area (TPSA) is 67.3 Å². The van der Waals surface area contributed by atoms with Crippen molar-refractivity contribution in [3.63, 3.8) is 0 Å². The molecule has 0 atom stereocenters. The van der Waals surface area contributed by atoms with Gasteiger partial charge in [0.2, 0.25) is 11.8 Å². The van der Waals surface area contributed by atoms with E-state index in [0.29, 0.717) is 25.0 Å². The van der Waals surface area contributed by atoms with E-state index in [0.717, 1.165) is 12.1 Å². The van der Waals surface area contributed by atoms with E-state index in [4.69, 9.17) is 4.74 Å². The summed E-state index contributed by atoms with van der Waals surface area (Å²) >= 11 is 0. The van der Waals surface area contributed by atoms with Gasteiger partial charge in [-0.05, 0) is 13.3 Å². The first kappa shape index (κ1) is 14.7. The van der Waals surface area contributed by atoms with Crippen molar-refractivity contribution < 1.29 is 9.84 Å². The molecule has 1 heterocycles. The van der Waals surface area contributed by atoms with E-state index in [1.807, 2.05) is 26.8 Å². The maximum absolute atomic E-state index is 9.19. The quantitative estimate of drug-likeness (QED) is 0.778. The van der Waals surface area contributed by atoms with Gasteiger partial charge >= 0.3 is 0 Å². The predicted octanol–water partition coefficient (Wildman–Crippen LogP) is 2.00. The van der Waals surface area contributed by atoms with Crippen LogP contribution in [0.1, 0.15) is 32.9 Å². The van der Waals surface area contributed by atoms with Gasteiger partial charge in [0.1, 0.15) is 0 Å². The molecule has 0 spiro atoms. The maximum atomic E-state index is 9.19. The second kappa shape index (κ2) is 6.54. The Morgan fingerprint density at radius 3 is 2.72 bits per heavy atom. The number of hydrogen-bond acceptors (Lipinski definition) is 5. The van der Waals surface area contributed by atoms with Crippen molar-refractivity contribution in [1.82, 2.24) is 9.97 Å². The Hall–Kier alpha value is -1.36. The molecular weight excluding hydrogens is 230 g/mol. The molecule has 0 fully saturated rings. The molecule has 102 valence electrons. The van der Waals surface area contributed by atoms with Gasteiger partial charge in [0.05, 0.1) is 6.61 Å². The van der Waals surface area contributed by atoms with Gasteiger partial charge < -0.3 is 15.2 Å². The number of nitrogens with zero attached hydrogens (tertiary/aromatic N) is 2. The zero-order chi connectivity index (χ0) is 13.6. The fraction of sp³-hybridized carbons (Fsp3) is 0.692. The molecule has 5 heteroatoms. The Bertz CT molecular complexity index is 380. The van der Waals surface area contributed by atoms with Crippen LogP contribution in [0.5, 0.6) is 5.88 Å². The zero-order valence-electron chi connectivity index (χ0n) is 11.7. The highest BCUT2D eigenvalue weighted by atomic mass is 16.5. The van der Waals surface area contributed by atoms with E-state index in [1.165, 1.54) is 0 Å². The first-order valence-electron chi connectivity index (χ1n) is 6.30. The number of ether oxygens (including phenoxy) is 1. The molecule has 0 aliphatic rings. The van der Waals surface area contributed by atoms with Gasteiger partial charge in [-0.25, -0.2) is 4.98 Å². The monoisotopic (exact) mass is 253 g/mol. The number of aliphatic hydroxyl groups is 1. The van der Waals surface area contributed by atoms with E-state index < -0.39 is 0 Å². The van der Waals surface area contributed by atoms with Crippen LogP contribution in [0.25, 0.3) is 0 Å². The molecule has 0 saturated heterocycles. The first-order chi connectivity index (χ1) is 8.46. The van der Waals surface area contributed by atoms with Crippen molar-refractivity contribution in [3.8, 4) is 5.88 Å². The lowest BCUT2D eigenvalue weighted by Gasteiger charge is -2.21. The summed E-state index contributed by atoms with van der Waals surface area (Å²) in [5.41, 5.74) is 0.665. The lowest BCUT2D eigenvalue weighted by molar-refractivity contribution is 0.170. The highest BCUT2D eigenvalue weighted by molar-refractivity contribution is 5.30. The zero-order valence-corrected chi connectivity index (χ0v) is 11.7. The highest BCUT2D eigenvalue weighted by Crippen LogP contribution is 2.16. The number of aromatic nitrogens is 2. The molecule has 0 unspecified atom stereocenters. The number of aryl methyl sites for hydroxylation is 1. The average Bonchev–Trinajstić information content (AvgIpc) is 2.33. The SMILES string of the molecule is CCCOc1cc(C)nc(NCC(C)(C)CO)n1. The fourth-order valence-electron chi connectivity index (χ4n) is 1.27. The largest absolute Gasteiger partial charge is 0.478 e. The minimum absolute atomic E-state index is 0.116. The van der Waals surface area contributed by atoms with Gasteiger partial charge in [-0.2, -0.15) is 4.98 Å². The number of hydrogen-bond donors (Lipinski definition) is 2. The summed E-state index contributed by atoms with van der Waals surface area (Å²) in [6.45, 7) is 9.29. The number of rotatable bonds is 7. The molecule has 5 nitrogen and oxygen atoms in total. The number of aliphatic hydroxyl groups excluding tert-OH is 1. The molecule has 0 aromatic carbocycles. The molecule has 0 radical (unpaired) electrons. The Morgan fingerprint density at radius 2 is 2.11 bits per heavy atom. The molecule has 1 aromatic rings. The molecule has 1 aromatic heterocycles. The minimum atomic E-state index is -0.197. The molecule has 0 bridgehead atoms. The molecule has 0 amide bonds. The van der Waals surface area contributed by atoms with Crippen molar-refractivity contribution in [2.24, 2.45) is 5.41 Å². The lowest BCUT2D eigenvalue weighted by Crippen LogP contribution is -2.27. The summed E-state index contributed by atoms with van der Waals surface area (Å²) < 4.78 is 5.49. The van der Waals surface area contributed by atoms with Crippen molar-refractivity contribution in [2.75, 3.05) is 25.1 Å². The van der Waals surface area contributed by atoms with Gasteiger partial charge in [-0.15, -0.1) is 0 Å². The third-order valence-electron chi connectivity index (χ3n) is 2.44. The second-order valence-electron chi connectivity index (χ2n) is 5.20. The van der Waals surface area contributed by atoms with Gasteiger partial charge in [0.15, 0.2) is 0 Å². The van der Waals surface area contributed by atoms with Crippen molar-refractivity contribution in [2.45, 2.75) is 34.1 Å². The van der Waals surface area contributed by atoms with E-state index in [-0.39, 0.29) is 12.0 Å². The molecular formula is C13H23N3O2. The second-order valence-corrected chi connectivity index (χ2v) is 5.20. The smallest absolute Gasteiger partial charge is 0.226 e. The van der Waals surface area contributed by atoms with Gasteiger partial charge in [-0.3, -0.25) is 0 Å². The Morgan fingerprint density at radius 1 is 1.39 bits per heavy atom. The molecule has 0 aliphatic carbocycles. The van der Waals surface area contributed by atoms with Crippen molar-refractivity contribution in [1.29, 1.82) is 0 Å². The molecule has 18 heavy (non-hydrogen) atoms. The summed E-state index contributed by atoms with van der Waals surface area (Å²) in [6.07, 6.45) is 0.948. The molecule has 1 rings (SSSR count). The van der Waals surface area contributed by atoms with Crippen LogP contribution >= 0.6 is 0 Å². The molecule has 0 aliphatic heterocycles. The van der Waals surface area contributed by atoms with Crippen molar-refractivity contribution in [3.05, 3.63) is 11.8 Å². The van der Waals surface area contributed by atoms with E-state index in [9.17, 15) is 5.11 Å². The van der Waals surface area contributed by atoms with E-state index >= 15 is 0 Å². The van der Waals surface area contributed by atoms with Crippen LogP contribution in [-0.2, 0) is 0 Å². The van der Waals surface area contributed by atoms with Gasteiger partial charge in [-0.1, -0.05) is 20.8 Å². The predicted molar refractivity (Wildman–Crippen MR) is 71.9 cm³/mol. The fourth-order valence-corrected chi connectivity index (χ4v) is 1.27. The number of anilines is 1. The van der Waals surface area contributed by atoms with Crippen LogP contribution in [-0.4, -0.2) is 34.8 Å². The summed E-state index contributed by atoms with van der Waals surface area (Å²) in [7, 11) is 0. The van der Waals surface area contributed by atoms with Gasteiger partial charge in [0.25, 0.3) is 0 Å². The van der Waals surface area contributed by atoms with Crippen LogP contribution in [0.3, 0.4) is 0 Å². The van der Waals surface area contributed by atoms with E-state index in [2.05, 4.69) is 22.2 Å². The molecule has 0 saturated carbocycles. The first-order valence-corrected chi connectivity index (χ1v) is 6.30. The maximum Gasteiger partial charge on any atom is 0.226 e. The number of nitrogens with one attached hydrogen (secondary N) is 1. The van der Waals surface area contributed by atoms with Crippen LogP contribution < -0.4 is 10.1 Å². The minimum Gasteiger partial charge on any atom is -0.478 e. The van der Waals surface area contributed by atoms with Crippen LogP contribution in [0.2, 0.25) is 0 Å². The average molecular weight is 253 g/mol. The summed E-state index contributed by atoms with van der Waals surface area (Å²) in [5, 5.41) is 12.3. The third-order valence-corrected chi connectivity index (χ3v) is 2.44. The Labute approximate surface area is 109 Å². The lowest BCUT2D eigenvalue weighted by atomic mass is 9.95. The summed E-state index contributed by atoms with van der Waals surface area (Å²) in [5.74, 6) is 1.14. The standard InChI is InChI=1S/C13H23N3O2/c1-5-6-18-11-7-10(2)15-12(16-11)14-8-13(3,4)9-17/h7,17H,5-6,8-9H2,1-4H3,(H,14,15,16). The molecule has 2 N–H and O–H groups in total. The Balaban J connectivity index is 2.68. The normalized spacial score (nSPS) is 11.4. The van der Waals surface area contributed by atoms with Crippen LogP contribution in [0, 0.1) is 12.3 Å². The highest BCUT2D eigenvalue weighted by Gasteiger charge is 2.16.